The number of hydrogen-bond donors (Lipinski definition) is 0. The van der Waals surface area contributed by atoms with E-state index < -0.39 is 0 Å². The van der Waals surface area contributed by atoms with E-state index in [1.165, 1.54) is 86.1 Å². The lowest BCUT2D eigenvalue weighted by atomic mass is 9.95. The van der Waals surface area contributed by atoms with Crippen molar-refractivity contribution < 1.29 is 9.47 Å². The Hall–Kier alpha value is -2.52. The van der Waals surface area contributed by atoms with E-state index in [1.807, 2.05) is 0 Å². The molecule has 4 aromatic rings. The summed E-state index contributed by atoms with van der Waals surface area (Å²) in [5, 5.41) is 4.66. The van der Waals surface area contributed by atoms with E-state index in [-0.39, 0.29) is 0 Å². The third-order valence-corrected chi connectivity index (χ3v) is 8.08. The monoisotopic (exact) mass is 588 g/mol. The Morgan fingerprint density at radius 3 is 1.59 bits per heavy atom. The Kier molecular flexibility index (Phi) is 12.0. The quantitative estimate of drug-likeness (QED) is 0.0901. The average Bonchev–Trinajstić information content (AvgIpc) is 2.97. The zero-order chi connectivity index (χ0) is 27.3. The molecule has 0 saturated heterocycles. The van der Waals surface area contributed by atoms with Crippen LogP contribution in [0.3, 0.4) is 0 Å². The highest BCUT2D eigenvalue weighted by molar-refractivity contribution is 9.10. The van der Waals surface area contributed by atoms with Crippen molar-refractivity contribution in [2.45, 2.75) is 90.9 Å². The van der Waals surface area contributed by atoms with Crippen molar-refractivity contribution in [1.29, 1.82) is 0 Å². The van der Waals surface area contributed by atoms with Crippen LogP contribution in [-0.4, -0.2) is 13.2 Å². The van der Waals surface area contributed by atoms with Gasteiger partial charge in [-0.25, -0.2) is 0 Å². The summed E-state index contributed by atoms with van der Waals surface area (Å²) in [7, 11) is 0. The number of rotatable bonds is 17. The van der Waals surface area contributed by atoms with Crippen molar-refractivity contribution in [1.82, 2.24) is 0 Å². The first-order valence-corrected chi connectivity index (χ1v) is 16.0. The van der Waals surface area contributed by atoms with Gasteiger partial charge in [-0.1, -0.05) is 130 Å². The molecule has 3 heteroatoms. The largest absolute Gasteiger partial charge is 0.489 e. The fraction of sp³-hybridized carbons (Fsp3) is 0.444. The van der Waals surface area contributed by atoms with Crippen LogP contribution < -0.4 is 9.47 Å². The molecule has 39 heavy (non-hydrogen) atoms. The van der Waals surface area contributed by atoms with E-state index in [0.717, 1.165) is 52.8 Å². The van der Waals surface area contributed by atoms with Crippen molar-refractivity contribution in [3.63, 3.8) is 0 Å². The Bertz CT molecular complexity index is 1300. The third-order valence-electron chi connectivity index (χ3n) is 7.58. The zero-order valence-electron chi connectivity index (χ0n) is 23.9. The molecule has 0 unspecified atom stereocenters. The Morgan fingerprint density at radius 1 is 0.487 bits per heavy atom. The molecule has 0 N–H and O–H groups in total. The van der Waals surface area contributed by atoms with E-state index in [2.05, 4.69) is 96.5 Å². The summed E-state index contributed by atoms with van der Waals surface area (Å²) in [6.07, 6.45) is 15.0. The van der Waals surface area contributed by atoms with E-state index in [4.69, 9.17) is 9.47 Å². The van der Waals surface area contributed by atoms with E-state index in [1.54, 1.807) is 0 Å². The van der Waals surface area contributed by atoms with Crippen LogP contribution in [0.15, 0.2) is 71.2 Å². The van der Waals surface area contributed by atoms with Gasteiger partial charge in [-0.3, -0.25) is 0 Å². The lowest BCUT2D eigenvalue weighted by Crippen LogP contribution is -2.04. The molecule has 0 heterocycles. The molecule has 0 bridgehead atoms. The molecule has 0 radical (unpaired) electrons. The Balaban J connectivity index is 1.66. The molecule has 0 fully saturated rings. The molecule has 0 amide bonds. The second kappa shape index (κ2) is 15.9. The molecule has 0 aromatic heterocycles. The average molecular weight is 590 g/mol. The number of ether oxygens (including phenoxy) is 2. The minimum absolute atomic E-state index is 0.719. The van der Waals surface area contributed by atoms with Gasteiger partial charge in [0.05, 0.1) is 13.2 Å². The maximum Gasteiger partial charge on any atom is 0.169 e. The third kappa shape index (κ3) is 8.24. The maximum atomic E-state index is 6.61. The van der Waals surface area contributed by atoms with Gasteiger partial charge < -0.3 is 9.47 Å². The van der Waals surface area contributed by atoms with Crippen LogP contribution in [0.1, 0.15) is 90.9 Å². The summed E-state index contributed by atoms with van der Waals surface area (Å²) in [5.74, 6) is 1.80. The van der Waals surface area contributed by atoms with Crippen LogP contribution >= 0.6 is 15.9 Å². The first-order chi connectivity index (χ1) is 19.2. The molecule has 2 nitrogen and oxygen atoms in total. The van der Waals surface area contributed by atoms with Crippen LogP contribution in [0.25, 0.3) is 32.7 Å². The summed E-state index contributed by atoms with van der Waals surface area (Å²) in [4.78, 5) is 0. The summed E-state index contributed by atoms with van der Waals surface area (Å²) in [5.41, 5.74) is 2.44. The van der Waals surface area contributed by atoms with E-state index >= 15 is 0 Å². The molecule has 4 rings (SSSR count). The standard InChI is InChI=1S/C36H45BrO2/c1-3-5-7-9-11-16-24-38-35-31-22-20-29(28-18-14-13-15-19-28)26-33(31)34-27-30(37)21-23-32(34)36(35)39-25-17-12-10-8-6-4-2/h13-15,18-23,26-27H,3-12,16-17,24-25H2,1-2H3. The fourth-order valence-electron chi connectivity index (χ4n) is 5.36. The molecule has 0 aliphatic rings. The molecule has 0 spiro atoms. The highest BCUT2D eigenvalue weighted by atomic mass is 79.9. The zero-order valence-corrected chi connectivity index (χ0v) is 25.5. The van der Waals surface area contributed by atoms with Crippen molar-refractivity contribution in [2.75, 3.05) is 13.2 Å². The van der Waals surface area contributed by atoms with E-state index in [9.17, 15) is 0 Å². The smallest absolute Gasteiger partial charge is 0.169 e. The van der Waals surface area contributed by atoms with Crippen LogP contribution in [0.5, 0.6) is 11.5 Å². The second-order valence-corrected chi connectivity index (χ2v) is 11.6. The van der Waals surface area contributed by atoms with Crippen molar-refractivity contribution in [2.24, 2.45) is 0 Å². The number of unbranched alkanes of at least 4 members (excludes halogenated alkanes) is 10. The number of halogens is 1. The topological polar surface area (TPSA) is 18.5 Å². The van der Waals surface area contributed by atoms with Crippen molar-refractivity contribution in [3.05, 3.63) is 71.2 Å². The summed E-state index contributed by atoms with van der Waals surface area (Å²) in [6.45, 7) is 5.97. The van der Waals surface area contributed by atoms with Gasteiger partial charge in [0.25, 0.3) is 0 Å². The normalized spacial score (nSPS) is 11.4. The van der Waals surface area contributed by atoms with Crippen molar-refractivity contribution >= 4 is 37.5 Å². The van der Waals surface area contributed by atoms with Crippen LogP contribution in [0, 0.1) is 0 Å². The van der Waals surface area contributed by atoms with Gasteiger partial charge in [-0.05, 0) is 65.1 Å². The lowest BCUT2D eigenvalue weighted by molar-refractivity contribution is 0.263. The fourth-order valence-corrected chi connectivity index (χ4v) is 5.72. The van der Waals surface area contributed by atoms with Gasteiger partial charge in [0.2, 0.25) is 0 Å². The first-order valence-electron chi connectivity index (χ1n) is 15.2. The molecule has 0 atom stereocenters. The second-order valence-electron chi connectivity index (χ2n) is 10.7. The predicted molar refractivity (Wildman–Crippen MR) is 172 cm³/mol. The minimum Gasteiger partial charge on any atom is -0.489 e. The molecule has 208 valence electrons. The van der Waals surface area contributed by atoms with Crippen LogP contribution in [-0.2, 0) is 0 Å². The predicted octanol–water partition coefficient (Wildman–Crippen LogP) is 11.9. The summed E-state index contributed by atoms with van der Waals surface area (Å²) in [6, 6.07) is 23.9. The first kappa shape index (κ1) is 29.5. The van der Waals surface area contributed by atoms with Gasteiger partial charge in [-0.2, -0.15) is 0 Å². The van der Waals surface area contributed by atoms with Crippen molar-refractivity contribution in [3.8, 4) is 22.6 Å². The summed E-state index contributed by atoms with van der Waals surface area (Å²) >= 11 is 3.72. The minimum atomic E-state index is 0.719. The maximum absolute atomic E-state index is 6.61. The Labute approximate surface area is 244 Å². The molecule has 4 aromatic carbocycles. The number of fused-ring (bicyclic) bond motifs is 3. The lowest BCUT2D eigenvalue weighted by Gasteiger charge is -2.19. The summed E-state index contributed by atoms with van der Waals surface area (Å²) < 4.78 is 14.3. The highest BCUT2D eigenvalue weighted by Crippen LogP contribution is 2.45. The molecular formula is C36H45BrO2. The number of hydrogen-bond acceptors (Lipinski definition) is 2. The molecular weight excluding hydrogens is 544 g/mol. The Morgan fingerprint density at radius 2 is 1.00 bits per heavy atom. The van der Waals surface area contributed by atoms with Gasteiger partial charge >= 0.3 is 0 Å². The van der Waals surface area contributed by atoms with Gasteiger partial charge in [-0.15, -0.1) is 0 Å². The van der Waals surface area contributed by atoms with Gasteiger partial charge in [0, 0.05) is 15.2 Å². The molecule has 0 aliphatic carbocycles. The van der Waals surface area contributed by atoms with Gasteiger partial charge in [0.1, 0.15) is 0 Å². The molecule has 0 aliphatic heterocycles. The van der Waals surface area contributed by atoms with Crippen LogP contribution in [0.2, 0.25) is 0 Å². The van der Waals surface area contributed by atoms with Gasteiger partial charge in [0.15, 0.2) is 11.5 Å². The SMILES string of the molecule is CCCCCCCCOc1c(OCCCCCCCC)c2ccc(-c3ccccc3)cc2c2cc(Br)ccc12. The highest BCUT2D eigenvalue weighted by Gasteiger charge is 2.18. The van der Waals surface area contributed by atoms with E-state index in [0.29, 0.717) is 0 Å². The van der Waals surface area contributed by atoms with Crippen LogP contribution in [0.4, 0.5) is 0 Å². The number of benzene rings is 4. The molecule has 0 saturated carbocycles.